The highest BCUT2D eigenvalue weighted by atomic mass is 32.2. The molecule has 1 aliphatic heterocycles. The minimum atomic E-state index is -0.534. The smallest absolute Gasteiger partial charge is 0.157 e. The molecule has 0 amide bonds. The number of hydrogen-bond acceptors (Lipinski definition) is 2. The molecule has 4 heteroatoms. The molecule has 0 bridgehead atoms. The lowest BCUT2D eigenvalue weighted by Crippen LogP contribution is -2.07. The molecule has 0 aromatic rings. The first-order valence-electron chi connectivity index (χ1n) is 1.95. The minimum Gasteiger partial charge on any atom is -0.615 e. The fourth-order valence-corrected chi connectivity index (χ4v) is 1.33. The summed E-state index contributed by atoms with van der Waals surface area (Å²) in [7, 11) is 0. The van der Waals surface area contributed by atoms with Crippen molar-refractivity contribution >= 4 is 24.7 Å². The SMILES string of the molecule is [O-][S+]1CCNC1.[S]. The Hall–Kier alpha value is 0.620. The van der Waals surface area contributed by atoms with E-state index in [-0.39, 0.29) is 13.5 Å². The van der Waals surface area contributed by atoms with Crippen LogP contribution in [-0.4, -0.2) is 22.7 Å². The van der Waals surface area contributed by atoms with Crippen molar-refractivity contribution in [3.63, 3.8) is 0 Å². The lowest BCUT2D eigenvalue weighted by atomic mass is 10.8. The molecule has 0 aliphatic carbocycles. The van der Waals surface area contributed by atoms with E-state index >= 15 is 0 Å². The topological polar surface area (TPSA) is 35.1 Å². The summed E-state index contributed by atoms with van der Waals surface area (Å²) in [5, 5.41) is 2.97. The van der Waals surface area contributed by atoms with Crippen LogP contribution in [0.4, 0.5) is 0 Å². The molecule has 1 N–H and O–H groups in total. The first-order chi connectivity index (χ1) is 2.89. The second-order valence-electron chi connectivity index (χ2n) is 1.29. The van der Waals surface area contributed by atoms with E-state index in [1.165, 1.54) is 0 Å². The van der Waals surface area contributed by atoms with Gasteiger partial charge in [0.05, 0.1) is 0 Å². The maximum atomic E-state index is 10.3. The van der Waals surface area contributed by atoms with E-state index in [4.69, 9.17) is 0 Å². The van der Waals surface area contributed by atoms with Gasteiger partial charge in [0.1, 0.15) is 5.75 Å². The van der Waals surface area contributed by atoms with Crippen LogP contribution in [-0.2, 0) is 11.2 Å². The molecule has 7 heavy (non-hydrogen) atoms. The Morgan fingerprint density at radius 1 is 1.57 bits per heavy atom. The fourth-order valence-electron chi connectivity index (χ4n) is 0.444. The normalized spacial score (nSPS) is 29.6. The Bertz CT molecular complexity index is 46.2. The summed E-state index contributed by atoms with van der Waals surface area (Å²) in [5.41, 5.74) is 0. The number of nitrogens with one attached hydrogen (secondary N) is 1. The Kier molecular flexibility index (Phi) is 3.92. The highest BCUT2D eigenvalue weighted by Crippen LogP contribution is 1.91. The van der Waals surface area contributed by atoms with Gasteiger partial charge in [-0.05, 0) is 11.2 Å². The number of rotatable bonds is 0. The lowest BCUT2D eigenvalue weighted by Gasteiger charge is -1.95. The lowest BCUT2D eigenvalue weighted by molar-refractivity contribution is 0.600. The Labute approximate surface area is 53.3 Å². The second kappa shape index (κ2) is 3.60. The van der Waals surface area contributed by atoms with Crippen molar-refractivity contribution in [3.8, 4) is 0 Å². The van der Waals surface area contributed by atoms with Crippen molar-refractivity contribution in [1.82, 2.24) is 5.32 Å². The van der Waals surface area contributed by atoms with Gasteiger partial charge in [-0.1, -0.05) is 0 Å². The molecule has 2 nitrogen and oxygen atoms in total. The molecule has 1 unspecified atom stereocenters. The number of hydrogen-bond donors (Lipinski definition) is 1. The monoisotopic (exact) mass is 137 g/mol. The van der Waals surface area contributed by atoms with Gasteiger partial charge in [-0.15, -0.1) is 0 Å². The van der Waals surface area contributed by atoms with E-state index < -0.39 is 11.2 Å². The van der Waals surface area contributed by atoms with Crippen molar-refractivity contribution in [2.45, 2.75) is 0 Å². The van der Waals surface area contributed by atoms with Gasteiger partial charge >= 0.3 is 0 Å². The predicted octanol–water partition coefficient (Wildman–Crippen LogP) is -0.0560. The third kappa shape index (κ3) is 2.43. The van der Waals surface area contributed by atoms with Crippen molar-refractivity contribution in [2.24, 2.45) is 0 Å². The molecular formula is C3H7NOS2. The zero-order chi connectivity index (χ0) is 4.41. The molecule has 0 aromatic carbocycles. The summed E-state index contributed by atoms with van der Waals surface area (Å²) in [4.78, 5) is 0. The summed E-state index contributed by atoms with van der Waals surface area (Å²) in [6, 6.07) is 0. The van der Waals surface area contributed by atoms with E-state index in [1.54, 1.807) is 0 Å². The summed E-state index contributed by atoms with van der Waals surface area (Å²) in [6.45, 7) is 0.937. The molecule has 2 radical (unpaired) electrons. The highest BCUT2D eigenvalue weighted by Gasteiger charge is 2.10. The molecular weight excluding hydrogens is 130 g/mol. The summed E-state index contributed by atoms with van der Waals surface area (Å²) < 4.78 is 10.3. The fraction of sp³-hybridized carbons (Fsp3) is 1.00. The van der Waals surface area contributed by atoms with Crippen LogP contribution >= 0.6 is 13.5 Å². The van der Waals surface area contributed by atoms with Crippen molar-refractivity contribution in [2.75, 3.05) is 18.2 Å². The Morgan fingerprint density at radius 2 is 2.29 bits per heavy atom. The van der Waals surface area contributed by atoms with Crippen molar-refractivity contribution < 1.29 is 4.55 Å². The molecule has 1 heterocycles. The zero-order valence-corrected chi connectivity index (χ0v) is 5.48. The predicted molar refractivity (Wildman–Crippen MR) is 33.5 cm³/mol. The molecule has 0 spiro atoms. The minimum absolute atomic E-state index is 0. The van der Waals surface area contributed by atoms with Crippen LogP contribution in [0.1, 0.15) is 0 Å². The van der Waals surface area contributed by atoms with E-state index in [0.29, 0.717) is 5.88 Å². The zero-order valence-electron chi connectivity index (χ0n) is 3.85. The largest absolute Gasteiger partial charge is 0.615 e. The van der Waals surface area contributed by atoms with Gasteiger partial charge in [-0.25, -0.2) is 0 Å². The van der Waals surface area contributed by atoms with E-state index in [1.807, 2.05) is 0 Å². The van der Waals surface area contributed by atoms with E-state index in [9.17, 15) is 4.55 Å². The quantitative estimate of drug-likeness (QED) is 0.475. The summed E-state index contributed by atoms with van der Waals surface area (Å²) >= 11 is -0.534. The van der Waals surface area contributed by atoms with Crippen molar-refractivity contribution in [3.05, 3.63) is 0 Å². The second-order valence-corrected chi connectivity index (χ2v) is 2.86. The summed E-state index contributed by atoms with van der Waals surface area (Å²) in [6.07, 6.45) is 0. The van der Waals surface area contributed by atoms with Gasteiger partial charge in [0, 0.05) is 20.0 Å². The first kappa shape index (κ1) is 7.62. The van der Waals surface area contributed by atoms with E-state index in [2.05, 4.69) is 5.32 Å². The van der Waals surface area contributed by atoms with Crippen LogP contribution in [0.15, 0.2) is 0 Å². The van der Waals surface area contributed by atoms with E-state index in [0.717, 1.165) is 12.3 Å². The highest BCUT2D eigenvalue weighted by molar-refractivity contribution is 7.91. The maximum absolute atomic E-state index is 10.3. The van der Waals surface area contributed by atoms with Crippen LogP contribution in [0.5, 0.6) is 0 Å². The first-order valence-corrected chi connectivity index (χ1v) is 3.44. The van der Waals surface area contributed by atoms with Crippen LogP contribution in [0.3, 0.4) is 0 Å². The molecule has 1 aliphatic rings. The third-order valence-electron chi connectivity index (χ3n) is 0.770. The molecule has 1 fully saturated rings. The van der Waals surface area contributed by atoms with Crippen LogP contribution in [0, 0.1) is 0 Å². The standard InChI is InChI=1S/C3H7NOS.S/c5-6-2-1-4-3-6;/h4H,1-3H2;. The van der Waals surface area contributed by atoms with Crippen LogP contribution < -0.4 is 5.32 Å². The molecule has 1 atom stereocenters. The molecule has 42 valence electrons. The van der Waals surface area contributed by atoms with Gasteiger partial charge < -0.3 is 4.55 Å². The maximum Gasteiger partial charge on any atom is 0.157 e. The third-order valence-corrected chi connectivity index (χ3v) is 1.96. The average molecular weight is 137 g/mol. The van der Waals surface area contributed by atoms with Gasteiger partial charge in [-0.2, -0.15) is 0 Å². The average Bonchev–Trinajstić information content (AvgIpc) is 1.86. The van der Waals surface area contributed by atoms with Gasteiger partial charge in [-0.3, -0.25) is 5.32 Å². The Balaban J connectivity index is 0.000000360. The molecule has 0 aromatic heterocycles. The van der Waals surface area contributed by atoms with Crippen LogP contribution in [0.2, 0.25) is 0 Å². The molecule has 1 saturated heterocycles. The summed E-state index contributed by atoms with van der Waals surface area (Å²) in [5.74, 6) is 1.56. The van der Waals surface area contributed by atoms with Gasteiger partial charge in [0.15, 0.2) is 5.88 Å². The Morgan fingerprint density at radius 3 is 2.43 bits per heavy atom. The molecule has 1 rings (SSSR count). The van der Waals surface area contributed by atoms with Gasteiger partial charge in [0.2, 0.25) is 0 Å². The van der Waals surface area contributed by atoms with Crippen LogP contribution in [0.25, 0.3) is 0 Å². The molecule has 0 saturated carbocycles. The van der Waals surface area contributed by atoms with Crippen molar-refractivity contribution in [1.29, 1.82) is 0 Å². The van der Waals surface area contributed by atoms with Gasteiger partial charge in [0.25, 0.3) is 0 Å².